The number of amides is 2. The summed E-state index contributed by atoms with van der Waals surface area (Å²) in [6.07, 6.45) is 1.42. The second-order valence-corrected chi connectivity index (χ2v) is 8.28. The van der Waals surface area contributed by atoms with Crippen LogP contribution in [0.5, 0.6) is 0 Å². The van der Waals surface area contributed by atoms with Crippen molar-refractivity contribution >= 4 is 17.5 Å². The van der Waals surface area contributed by atoms with E-state index >= 15 is 0 Å². The fourth-order valence-corrected chi connectivity index (χ4v) is 3.64. The maximum Gasteiger partial charge on any atom is 0.253 e. The van der Waals surface area contributed by atoms with E-state index in [-0.39, 0.29) is 23.5 Å². The van der Waals surface area contributed by atoms with Crippen LogP contribution in [0, 0.1) is 17.7 Å². The molecule has 0 radical (unpaired) electrons. The third-order valence-corrected chi connectivity index (χ3v) is 5.41. The van der Waals surface area contributed by atoms with Crippen LogP contribution in [0.2, 0.25) is 0 Å². The lowest BCUT2D eigenvalue weighted by Crippen LogP contribution is -2.38. The van der Waals surface area contributed by atoms with Crippen molar-refractivity contribution in [2.75, 3.05) is 25.0 Å². The fraction of sp³-hybridized carbons (Fsp3) is 0.417. The molecule has 2 aromatic carbocycles. The zero-order valence-electron chi connectivity index (χ0n) is 17.7. The molecule has 0 unspecified atom stereocenters. The van der Waals surface area contributed by atoms with Gasteiger partial charge in [0.15, 0.2) is 0 Å². The topological polar surface area (TPSA) is 61.4 Å². The fourth-order valence-electron chi connectivity index (χ4n) is 3.64. The van der Waals surface area contributed by atoms with Crippen LogP contribution in [0.25, 0.3) is 0 Å². The number of halogens is 1. The first-order valence-corrected chi connectivity index (χ1v) is 10.6. The van der Waals surface area contributed by atoms with Gasteiger partial charge in [0.2, 0.25) is 5.91 Å². The van der Waals surface area contributed by atoms with Gasteiger partial charge < -0.3 is 10.6 Å². The number of benzene rings is 2. The highest BCUT2D eigenvalue weighted by Gasteiger charge is 2.26. The van der Waals surface area contributed by atoms with Crippen molar-refractivity contribution in [2.24, 2.45) is 11.8 Å². The minimum Gasteiger partial charge on any atom is -0.352 e. The monoisotopic (exact) mass is 411 g/mol. The summed E-state index contributed by atoms with van der Waals surface area (Å²) in [5.41, 5.74) is 1.70. The molecule has 6 heteroatoms. The smallest absolute Gasteiger partial charge is 0.253 e. The van der Waals surface area contributed by atoms with E-state index in [2.05, 4.69) is 15.5 Å². The molecule has 2 aromatic rings. The molecule has 0 bridgehead atoms. The van der Waals surface area contributed by atoms with Crippen LogP contribution in [0.3, 0.4) is 0 Å². The number of piperidine rings is 1. The van der Waals surface area contributed by atoms with Gasteiger partial charge in [-0.2, -0.15) is 0 Å². The molecule has 30 heavy (non-hydrogen) atoms. The van der Waals surface area contributed by atoms with Crippen LogP contribution in [0.4, 0.5) is 10.1 Å². The molecular weight excluding hydrogens is 381 g/mol. The van der Waals surface area contributed by atoms with Crippen molar-refractivity contribution in [1.82, 2.24) is 10.2 Å². The standard InChI is InChI=1S/C24H30FN3O2/c1-17(2)15-26-24(30)20-8-4-6-10-22(20)27-23(29)18-11-13-28(14-12-18)16-19-7-3-5-9-21(19)25/h3-10,17-18H,11-16H2,1-2H3,(H,26,30)(H,27,29). The van der Waals surface area contributed by atoms with Crippen LogP contribution in [0.15, 0.2) is 48.5 Å². The zero-order valence-corrected chi connectivity index (χ0v) is 17.7. The van der Waals surface area contributed by atoms with Gasteiger partial charge in [-0.15, -0.1) is 0 Å². The molecule has 2 amide bonds. The van der Waals surface area contributed by atoms with Gasteiger partial charge in [0.25, 0.3) is 5.91 Å². The van der Waals surface area contributed by atoms with Crippen molar-refractivity contribution < 1.29 is 14.0 Å². The van der Waals surface area contributed by atoms with E-state index in [9.17, 15) is 14.0 Å². The number of likely N-dealkylation sites (tertiary alicyclic amines) is 1. The highest BCUT2D eigenvalue weighted by Crippen LogP contribution is 2.23. The average molecular weight is 412 g/mol. The van der Waals surface area contributed by atoms with Gasteiger partial charge in [0, 0.05) is 24.6 Å². The first kappa shape index (κ1) is 22.0. The summed E-state index contributed by atoms with van der Waals surface area (Å²) in [4.78, 5) is 27.5. The number of hydrogen-bond acceptors (Lipinski definition) is 3. The molecule has 1 aliphatic heterocycles. The molecule has 2 N–H and O–H groups in total. The number of nitrogens with zero attached hydrogens (tertiary/aromatic N) is 1. The Kier molecular flexibility index (Phi) is 7.57. The van der Waals surface area contributed by atoms with Gasteiger partial charge in [-0.1, -0.05) is 44.2 Å². The van der Waals surface area contributed by atoms with Crippen LogP contribution in [0.1, 0.15) is 42.6 Å². The second kappa shape index (κ2) is 10.3. The zero-order chi connectivity index (χ0) is 21.5. The quantitative estimate of drug-likeness (QED) is 0.722. The first-order valence-electron chi connectivity index (χ1n) is 10.6. The molecule has 0 saturated carbocycles. The Morgan fingerprint density at radius 2 is 1.73 bits per heavy atom. The summed E-state index contributed by atoms with van der Waals surface area (Å²) in [5, 5.41) is 5.84. The molecule has 1 fully saturated rings. The van der Waals surface area contributed by atoms with Gasteiger partial charge in [-0.3, -0.25) is 14.5 Å². The van der Waals surface area contributed by atoms with Gasteiger partial charge in [0.05, 0.1) is 11.3 Å². The number of carbonyl (C=O) groups excluding carboxylic acids is 2. The Bertz CT molecular complexity index is 876. The summed E-state index contributed by atoms with van der Waals surface area (Å²) in [7, 11) is 0. The molecule has 1 saturated heterocycles. The van der Waals surface area contributed by atoms with Crippen LogP contribution in [-0.4, -0.2) is 36.3 Å². The van der Waals surface area contributed by atoms with Crippen LogP contribution < -0.4 is 10.6 Å². The Labute approximate surface area is 177 Å². The molecule has 3 rings (SSSR count). The van der Waals surface area contributed by atoms with E-state index in [0.29, 0.717) is 48.7 Å². The molecule has 5 nitrogen and oxygen atoms in total. The third kappa shape index (κ3) is 5.89. The SMILES string of the molecule is CC(C)CNC(=O)c1ccccc1NC(=O)C1CCN(Cc2ccccc2F)CC1. The van der Waals surface area contributed by atoms with Gasteiger partial charge >= 0.3 is 0 Å². The normalized spacial score (nSPS) is 15.2. The molecular formula is C24H30FN3O2. The Hall–Kier alpha value is -2.73. The van der Waals surface area contributed by atoms with E-state index in [1.165, 1.54) is 6.07 Å². The van der Waals surface area contributed by atoms with Crippen molar-refractivity contribution in [2.45, 2.75) is 33.2 Å². The Balaban J connectivity index is 1.55. The minimum absolute atomic E-state index is 0.0651. The van der Waals surface area contributed by atoms with Crippen molar-refractivity contribution in [3.8, 4) is 0 Å². The predicted molar refractivity (Wildman–Crippen MR) is 117 cm³/mol. The average Bonchev–Trinajstić information content (AvgIpc) is 2.74. The van der Waals surface area contributed by atoms with Crippen LogP contribution in [-0.2, 0) is 11.3 Å². The van der Waals surface area contributed by atoms with E-state index in [4.69, 9.17) is 0 Å². The highest BCUT2D eigenvalue weighted by atomic mass is 19.1. The summed E-state index contributed by atoms with van der Waals surface area (Å²) in [5.74, 6) is -0.201. The minimum atomic E-state index is -0.190. The summed E-state index contributed by atoms with van der Waals surface area (Å²) in [6, 6.07) is 13.9. The van der Waals surface area contributed by atoms with Crippen molar-refractivity contribution in [3.63, 3.8) is 0 Å². The summed E-state index contributed by atoms with van der Waals surface area (Å²) >= 11 is 0. The van der Waals surface area contributed by atoms with E-state index in [1.54, 1.807) is 30.3 Å². The first-order chi connectivity index (χ1) is 14.4. The lowest BCUT2D eigenvalue weighted by atomic mass is 9.95. The van der Waals surface area contributed by atoms with Gasteiger partial charge in [-0.05, 0) is 50.0 Å². The number of hydrogen-bond donors (Lipinski definition) is 2. The van der Waals surface area contributed by atoms with E-state index in [0.717, 1.165) is 13.1 Å². The molecule has 0 spiro atoms. The van der Waals surface area contributed by atoms with E-state index < -0.39 is 0 Å². The molecule has 1 aliphatic rings. The van der Waals surface area contributed by atoms with Crippen molar-refractivity contribution in [1.29, 1.82) is 0 Å². The van der Waals surface area contributed by atoms with E-state index in [1.807, 2.05) is 26.0 Å². The van der Waals surface area contributed by atoms with Crippen molar-refractivity contribution in [3.05, 3.63) is 65.5 Å². The number of anilines is 1. The second-order valence-electron chi connectivity index (χ2n) is 8.28. The predicted octanol–water partition coefficient (Wildman–Crippen LogP) is 4.06. The molecule has 0 aliphatic carbocycles. The number of rotatable bonds is 7. The largest absolute Gasteiger partial charge is 0.352 e. The lowest BCUT2D eigenvalue weighted by Gasteiger charge is -2.31. The molecule has 160 valence electrons. The lowest BCUT2D eigenvalue weighted by molar-refractivity contribution is -0.121. The number of carbonyl (C=O) groups is 2. The molecule has 1 heterocycles. The maximum absolute atomic E-state index is 13.9. The molecule has 0 aromatic heterocycles. The Morgan fingerprint density at radius 3 is 2.43 bits per heavy atom. The Morgan fingerprint density at radius 1 is 1.07 bits per heavy atom. The van der Waals surface area contributed by atoms with Crippen LogP contribution >= 0.6 is 0 Å². The summed E-state index contributed by atoms with van der Waals surface area (Å²) < 4.78 is 13.9. The third-order valence-electron chi connectivity index (χ3n) is 5.41. The van der Waals surface area contributed by atoms with Gasteiger partial charge in [0.1, 0.15) is 5.82 Å². The molecule has 0 atom stereocenters. The van der Waals surface area contributed by atoms with Gasteiger partial charge in [-0.25, -0.2) is 4.39 Å². The number of nitrogens with one attached hydrogen (secondary N) is 2. The highest BCUT2D eigenvalue weighted by molar-refractivity contribution is 6.04. The maximum atomic E-state index is 13.9. The number of para-hydroxylation sites is 1. The summed E-state index contributed by atoms with van der Waals surface area (Å²) in [6.45, 7) is 6.69.